The second-order valence-electron chi connectivity index (χ2n) is 6.18. The van der Waals surface area contributed by atoms with Crippen molar-refractivity contribution in [2.45, 2.75) is 13.8 Å². The van der Waals surface area contributed by atoms with Gasteiger partial charge in [0, 0.05) is 28.6 Å². The summed E-state index contributed by atoms with van der Waals surface area (Å²) in [4.78, 5) is 28.9. The molecule has 0 radical (unpaired) electrons. The van der Waals surface area contributed by atoms with Gasteiger partial charge in [0.15, 0.2) is 0 Å². The van der Waals surface area contributed by atoms with Crippen LogP contribution in [0, 0.1) is 6.92 Å². The number of rotatable bonds is 4. The Morgan fingerprint density at radius 3 is 2.54 bits per heavy atom. The van der Waals surface area contributed by atoms with E-state index in [9.17, 15) is 9.59 Å². The molecule has 0 aliphatic rings. The Bertz CT molecular complexity index is 1190. The number of furan rings is 1. The number of carbonyl (C=O) groups excluding carboxylic acids is 2. The van der Waals surface area contributed by atoms with Gasteiger partial charge < -0.3 is 13.9 Å². The first-order valence-corrected chi connectivity index (χ1v) is 8.84. The van der Waals surface area contributed by atoms with E-state index in [0.29, 0.717) is 39.0 Å². The van der Waals surface area contributed by atoms with Crippen molar-refractivity contribution in [2.75, 3.05) is 6.61 Å². The lowest BCUT2D eigenvalue weighted by molar-refractivity contribution is 0.0526. The minimum Gasteiger partial charge on any atom is -0.462 e. The van der Waals surface area contributed by atoms with Crippen LogP contribution >= 0.6 is 0 Å². The predicted molar refractivity (Wildman–Crippen MR) is 104 cm³/mol. The molecule has 6 heteroatoms. The molecule has 0 spiro atoms. The minimum atomic E-state index is -0.532. The fraction of sp³-hybridized carbons (Fsp3) is 0.136. The van der Waals surface area contributed by atoms with E-state index in [0.717, 1.165) is 5.39 Å². The maximum Gasteiger partial charge on any atom is 0.345 e. The molecule has 0 N–H and O–H groups in total. The number of benzene rings is 2. The van der Waals surface area contributed by atoms with E-state index >= 15 is 0 Å². The maximum atomic E-state index is 12.5. The Kier molecular flexibility index (Phi) is 4.53. The van der Waals surface area contributed by atoms with Crippen molar-refractivity contribution in [2.24, 2.45) is 0 Å². The van der Waals surface area contributed by atoms with Crippen LogP contribution in [-0.4, -0.2) is 23.5 Å². The van der Waals surface area contributed by atoms with Gasteiger partial charge in [0.05, 0.1) is 12.2 Å². The molecule has 0 atom stereocenters. The van der Waals surface area contributed by atoms with Crippen LogP contribution in [-0.2, 0) is 4.74 Å². The highest BCUT2D eigenvalue weighted by Gasteiger charge is 2.23. The molecule has 4 aromatic rings. The van der Waals surface area contributed by atoms with Gasteiger partial charge in [-0.3, -0.25) is 4.98 Å². The van der Waals surface area contributed by atoms with E-state index < -0.39 is 11.9 Å². The smallest absolute Gasteiger partial charge is 0.345 e. The molecule has 2 aromatic carbocycles. The molecule has 0 bridgehead atoms. The first-order valence-electron chi connectivity index (χ1n) is 8.84. The number of esters is 2. The molecule has 2 aromatic heterocycles. The molecule has 0 aliphatic carbocycles. The summed E-state index contributed by atoms with van der Waals surface area (Å²) in [6, 6.07) is 12.3. The van der Waals surface area contributed by atoms with Crippen LogP contribution in [0.1, 0.15) is 33.4 Å². The van der Waals surface area contributed by atoms with E-state index in [1.165, 1.54) is 6.20 Å². The molecule has 0 unspecified atom stereocenters. The lowest BCUT2D eigenvalue weighted by Crippen LogP contribution is -2.09. The molecule has 0 amide bonds. The first-order chi connectivity index (χ1) is 13.6. The fourth-order valence-electron chi connectivity index (χ4n) is 3.19. The van der Waals surface area contributed by atoms with Gasteiger partial charge in [-0.2, -0.15) is 0 Å². The van der Waals surface area contributed by atoms with Crippen molar-refractivity contribution in [1.82, 2.24) is 4.98 Å². The second-order valence-corrected chi connectivity index (χ2v) is 6.18. The van der Waals surface area contributed by atoms with Crippen LogP contribution in [0.2, 0.25) is 0 Å². The molecular weight excluding hydrogens is 358 g/mol. The third-order valence-corrected chi connectivity index (χ3v) is 4.41. The maximum absolute atomic E-state index is 12.5. The van der Waals surface area contributed by atoms with E-state index in [1.807, 2.05) is 24.3 Å². The van der Waals surface area contributed by atoms with Gasteiger partial charge in [0.25, 0.3) is 0 Å². The lowest BCUT2D eigenvalue weighted by Gasteiger charge is -2.09. The predicted octanol–water partition coefficient (Wildman–Crippen LogP) is 4.69. The topological polar surface area (TPSA) is 78.6 Å². The van der Waals surface area contributed by atoms with Gasteiger partial charge in [-0.25, -0.2) is 9.59 Å². The number of aromatic nitrogens is 1. The summed E-state index contributed by atoms with van der Waals surface area (Å²) in [5.74, 6) is -0.216. The van der Waals surface area contributed by atoms with Gasteiger partial charge in [0.2, 0.25) is 0 Å². The van der Waals surface area contributed by atoms with Crippen LogP contribution in [0.4, 0.5) is 0 Å². The molecule has 6 nitrogen and oxygen atoms in total. The zero-order valence-corrected chi connectivity index (χ0v) is 15.4. The Morgan fingerprint density at radius 1 is 1.04 bits per heavy atom. The minimum absolute atomic E-state index is 0.251. The summed E-state index contributed by atoms with van der Waals surface area (Å²) >= 11 is 0. The molecule has 28 heavy (non-hydrogen) atoms. The van der Waals surface area contributed by atoms with Crippen LogP contribution < -0.4 is 4.74 Å². The van der Waals surface area contributed by atoms with E-state index in [2.05, 4.69) is 4.98 Å². The van der Waals surface area contributed by atoms with Crippen molar-refractivity contribution in [3.8, 4) is 5.75 Å². The largest absolute Gasteiger partial charge is 0.462 e. The molecule has 140 valence electrons. The average molecular weight is 375 g/mol. The summed E-state index contributed by atoms with van der Waals surface area (Å²) in [5.41, 5.74) is 1.22. The summed E-state index contributed by atoms with van der Waals surface area (Å²) in [6.07, 6.45) is 3.02. The Morgan fingerprint density at radius 2 is 1.82 bits per heavy atom. The van der Waals surface area contributed by atoms with Crippen molar-refractivity contribution in [3.63, 3.8) is 0 Å². The third-order valence-electron chi connectivity index (χ3n) is 4.41. The number of hydrogen-bond acceptors (Lipinski definition) is 6. The molecule has 0 fully saturated rings. The normalized spacial score (nSPS) is 10.9. The van der Waals surface area contributed by atoms with Crippen LogP contribution in [0.25, 0.3) is 21.7 Å². The summed E-state index contributed by atoms with van der Waals surface area (Å²) in [5, 5.41) is 1.99. The van der Waals surface area contributed by atoms with Gasteiger partial charge in [-0.15, -0.1) is 0 Å². The molecule has 0 aliphatic heterocycles. The number of fused-ring (bicyclic) bond motifs is 3. The van der Waals surface area contributed by atoms with Crippen molar-refractivity contribution in [3.05, 3.63) is 71.7 Å². The SMILES string of the molecule is CCOC(=O)c1c(C)oc2c1cc(OC(=O)c1cccnc1)c1ccccc12. The monoisotopic (exact) mass is 375 g/mol. The quantitative estimate of drug-likeness (QED) is 0.380. The molecular formula is C22H17NO5. The van der Waals surface area contributed by atoms with Gasteiger partial charge in [0.1, 0.15) is 22.7 Å². The zero-order valence-electron chi connectivity index (χ0n) is 15.4. The number of pyridine rings is 1. The van der Waals surface area contributed by atoms with Crippen molar-refractivity contribution in [1.29, 1.82) is 0 Å². The Labute approximate surface area is 160 Å². The third kappa shape index (κ3) is 2.99. The highest BCUT2D eigenvalue weighted by Crippen LogP contribution is 2.38. The summed E-state index contributed by atoms with van der Waals surface area (Å²) < 4.78 is 16.7. The second kappa shape index (κ2) is 7.15. The van der Waals surface area contributed by atoms with Crippen LogP contribution in [0.5, 0.6) is 5.75 Å². The average Bonchev–Trinajstić information content (AvgIpc) is 3.05. The van der Waals surface area contributed by atoms with E-state index in [1.54, 1.807) is 38.2 Å². The van der Waals surface area contributed by atoms with Crippen LogP contribution in [0.15, 0.2) is 59.3 Å². The van der Waals surface area contributed by atoms with Crippen molar-refractivity contribution >= 4 is 33.7 Å². The molecule has 0 saturated heterocycles. The lowest BCUT2D eigenvalue weighted by atomic mass is 10.0. The fourth-order valence-corrected chi connectivity index (χ4v) is 3.19. The molecule has 4 rings (SSSR count). The summed E-state index contributed by atoms with van der Waals surface area (Å²) in [7, 11) is 0. The Balaban J connectivity index is 1.91. The van der Waals surface area contributed by atoms with Gasteiger partial charge in [-0.05, 0) is 32.0 Å². The highest BCUT2D eigenvalue weighted by molar-refractivity contribution is 6.15. The highest BCUT2D eigenvalue weighted by atomic mass is 16.5. The number of aryl methyl sites for hydroxylation is 1. The zero-order chi connectivity index (χ0) is 19.7. The standard InChI is InChI=1S/C22H17NO5/c1-3-26-22(25)19-13(2)27-20-16-9-5-4-8-15(16)18(11-17(19)20)28-21(24)14-7-6-10-23-12-14/h4-12H,3H2,1-2H3. The molecule has 2 heterocycles. The van der Waals surface area contributed by atoms with E-state index in [4.69, 9.17) is 13.9 Å². The van der Waals surface area contributed by atoms with Crippen molar-refractivity contribution < 1.29 is 23.5 Å². The number of ether oxygens (including phenoxy) is 2. The van der Waals surface area contributed by atoms with Gasteiger partial charge in [-0.1, -0.05) is 24.3 Å². The first kappa shape index (κ1) is 17.7. The Hall–Kier alpha value is -3.67. The number of carbonyl (C=O) groups is 2. The van der Waals surface area contributed by atoms with E-state index in [-0.39, 0.29) is 6.61 Å². The van der Waals surface area contributed by atoms with Gasteiger partial charge >= 0.3 is 11.9 Å². The number of nitrogens with zero attached hydrogens (tertiary/aromatic N) is 1. The molecule has 0 saturated carbocycles. The van der Waals surface area contributed by atoms with Crippen LogP contribution in [0.3, 0.4) is 0 Å². The summed E-state index contributed by atoms with van der Waals surface area (Å²) in [6.45, 7) is 3.70. The number of hydrogen-bond donors (Lipinski definition) is 0.